The van der Waals surface area contributed by atoms with E-state index in [1.165, 1.54) is 13.8 Å². The third-order valence-corrected chi connectivity index (χ3v) is 1.80. The Bertz CT molecular complexity index is 225. The highest BCUT2D eigenvalue weighted by molar-refractivity contribution is 5.29. The average molecular weight is 178 g/mol. The zero-order valence-corrected chi connectivity index (χ0v) is 6.51. The maximum Gasteiger partial charge on any atom is 0.197 e. The van der Waals surface area contributed by atoms with Crippen LogP contribution in [0.4, 0.5) is 17.6 Å². The van der Waals surface area contributed by atoms with Crippen molar-refractivity contribution in [3.05, 3.63) is 34.4 Å². The molecule has 1 aromatic carbocycles. The van der Waals surface area contributed by atoms with Crippen molar-refractivity contribution in [3.63, 3.8) is 0 Å². The molecule has 66 valence electrons. The van der Waals surface area contributed by atoms with Gasteiger partial charge < -0.3 is 0 Å². The minimum absolute atomic E-state index is 0.202. The van der Waals surface area contributed by atoms with Crippen LogP contribution in [-0.4, -0.2) is 0 Å². The van der Waals surface area contributed by atoms with E-state index in [-0.39, 0.29) is 11.1 Å². The second-order valence-corrected chi connectivity index (χ2v) is 2.51. The fourth-order valence-electron chi connectivity index (χ4n) is 0.851. The highest BCUT2D eigenvalue weighted by Gasteiger charge is 2.19. The standard InChI is InChI=1S/C8H6F4/c1-3-4(2)6(10)8(12)7(11)5(3)9/h1-2H3. The summed E-state index contributed by atoms with van der Waals surface area (Å²) in [6.07, 6.45) is 0. The second-order valence-electron chi connectivity index (χ2n) is 2.51. The van der Waals surface area contributed by atoms with Crippen LogP contribution in [0.25, 0.3) is 0 Å². The van der Waals surface area contributed by atoms with Crippen LogP contribution in [0.2, 0.25) is 0 Å². The highest BCUT2D eigenvalue weighted by Crippen LogP contribution is 2.22. The Morgan fingerprint density at radius 3 is 1.08 bits per heavy atom. The first-order valence-corrected chi connectivity index (χ1v) is 3.26. The predicted octanol–water partition coefficient (Wildman–Crippen LogP) is 2.86. The van der Waals surface area contributed by atoms with E-state index in [1.807, 2.05) is 0 Å². The van der Waals surface area contributed by atoms with E-state index in [1.54, 1.807) is 0 Å². The van der Waals surface area contributed by atoms with Gasteiger partial charge in [0.1, 0.15) is 0 Å². The molecule has 0 aliphatic rings. The maximum absolute atomic E-state index is 12.7. The number of halogens is 4. The molecule has 0 saturated carbocycles. The zero-order chi connectivity index (χ0) is 9.46. The van der Waals surface area contributed by atoms with Crippen molar-refractivity contribution in [3.8, 4) is 0 Å². The molecule has 4 heteroatoms. The molecule has 0 nitrogen and oxygen atoms in total. The lowest BCUT2D eigenvalue weighted by atomic mass is 10.1. The Balaban J connectivity index is 3.60. The minimum Gasteiger partial charge on any atom is -0.203 e. The molecule has 12 heavy (non-hydrogen) atoms. The van der Waals surface area contributed by atoms with Gasteiger partial charge in [0.2, 0.25) is 0 Å². The summed E-state index contributed by atoms with van der Waals surface area (Å²) in [5, 5.41) is 0. The number of hydrogen-bond donors (Lipinski definition) is 0. The van der Waals surface area contributed by atoms with Gasteiger partial charge in [0, 0.05) is 0 Å². The maximum atomic E-state index is 12.7. The van der Waals surface area contributed by atoms with Crippen molar-refractivity contribution in [2.45, 2.75) is 13.8 Å². The summed E-state index contributed by atoms with van der Waals surface area (Å²) in [7, 11) is 0. The van der Waals surface area contributed by atoms with Gasteiger partial charge in [0.15, 0.2) is 23.3 Å². The molecule has 0 N–H and O–H groups in total. The molecule has 0 bridgehead atoms. The molecule has 0 heterocycles. The lowest BCUT2D eigenvalue weighted by Crippen LogP contribution is -2.02. The van der Waals surface area contributed by atoms with Gasteiger partial charge in [-0.3, -0.25) is 0 Å². The molecule has 1 aromatic rings. The fourth-order valence-corrected chi connectivity index (χ4v) is 0.851. The van der Waals surface area contributed by atoms with E-state index in [9.17, 15) is 17.6 Å². The van der Waals surface area contributed by atoms with Gasteiger partial charge >= 0.3 is 0 Å². The van der Waals surface area contributed by atoms with Crippen LogP contribution in [0.5, 0.6) is 0 Å². The SMILES string of the molecule is Cc1c(C)c(F)c(F)c(F)c1F. The molecule has 0 amide bonds. The molecule has 0 radical (unpaired) electrons. The first-order valence-electron chi connectivity index (χ1n) is 3.26. The van der Waals surface area contributed by atoms with Crippen LogP contribution < -0.4 is 0 Å². The van der Waals surface area contributed by atoms with Gasteiger partial charge in [-0.25, -0.2) is 17.6 Å². The average Bonchev–Trinajstić information content (AvgIpc) is 2.08. The summed E-state index contributed by atoms with van der Waals surface area (Å²) >= 11 is 0. The molecule has 0 fully saturated rings. The summed E-state index contributed by atoms with van der Waals surface area (Å²) in [6, 6.07) is 0. The fraction of sp³-hybridized carbons (Fsp3) is 0.250. The molecule has 0 atom stereocenters. The molecule has 0 aliphatic carbocycles. The van der Waals surface area contributed by atoms with Crippen LogP contribution in [-0.2, 0) is 0 Å². The van der Waals surface area contributed by atoms with E-state index in [4.69, 9.17) is 0 Å². The van der Waals surface area contributed by atoms with Crippen LogP contribution in [0.1, 0.15) is 11.1 Å². The molecular formula is C8H6F4. The van der Waals surface area contributed by atoms with Gasteiger partial charge in [-0.05, 0) is 25.0 Å². The van der Waals surface area contributed by atoms with Crippen molar-refractivity contribution in [1.82, 2.24) is 0 Å². The van der Waals surface area contributed by atoms with Crippen LogP contribution >= 0.6 is 0 Å². The van der Waals surface area contributed by atoms with Crippen molar-refractivity contribution >= 4 is 0 Å². The zero-order valence-electron chi connectivity index (χ0n) is 6.51. The van der Waals surface area contributed by atoms with E-state index in [2.05, 4.69) is 0 Å². The third kappa shape index (κ3) is 1.07. The molecule has 0 aromatic heterocycles. The molecule has 0 saturated heterocycles. The first-order chi connectivity index (χ1) is 5.46. The van der Waals surface area contributed by atoms with Gasteiger partial charge in [0.25, 0.3) is 0 Å². The second kappa shape index (κ2) is 2.77. The van der Waals surface area contributed by atoms with Gasteiger partial charge in [-0.2, -0.15) is 0 Å². The Morgan fingerprint density at radius 2 is 0.833 bits per heavy atom. The molecule has 0 unspecified atom stereocenters. The number of hydrogen-bond acceptors (Lipinski definition) is 0. The monoisotopic (exact) mass is 178 g/mol. The summed E-state index contributed by atoms with van der Waals surface area (Å²) in [6.45, 7) is 2.38. The van der Waals surface area contributed by atoms with Crippen LogP contribution in [0.3, 0.4) is 0 Å². The Hall–Kier alpha value is -1.06. The summed E-state index contributed by atoms with van der Waals surface area (Å²) in [5.41, 5.74) is -0.405. The lowest BCUT2D eigenvalue weighted by Gasteiger charge is -2.05. The third-order valence-electron chi connectivity index (χ3n) is 1.80. The minimum atomic E-state index is -1.75. The van der Waals surface area contributed by atoms with Crippen molar-refractivity contribution in [1.29, 1.82) is 0 Å². The Morgan fingerprint density at radius 1 is 0.583 bits per heavy atom. The summed E-state index contributed by atoms with van der Waals surface area (Å²) in [4.78, 5) is 0. The summed E-state index contributed by atoms with van der Waals surface area (Å²) in [5.74, 6) is -6.16. The number of benzene rings is 1. The number of rotatable bonds is 0. The van der Waals surface area contributed by atoms with Gasteiger partial charge in [0.05, 0.1) is 0 Å². The molecule has 0 aliphatic heterocycles. The van der Waals surface area contributed by atoms with Crippen molar-refractivity contribution in [2.24, 2.45) is 0 Å². The molecule has 1 rings (SSSR count). The lowest BCUT2D eigenvalue weighted by molar-refractivity contribution is 0.402. The molecule has 0 spiro atoms. The van der Waals surface area contributed by atoms with Crippen LogP contribution in [0.15, 0.2) is 0 Å². The van der Waals surface area contributed by atoms with Crippen molar-refractivity contribution in [2.75, 3.05) is 0 Å². The highest BCUT2D eigenvalue weighted by atomic mass is 19.2. The van der Waals surface area contributed by atoms with E-state index in [0.29, 0.717) is 0 Å². The van der Waals surface area contributed by atoms with Gasteiger partial charge in [-0.15, -0.1) is 0 Å². The Labute approximate surface area is 66.8 Å². The van der Waals surface area contributed by atoms with E-state index in [0.717, 1.165) is 0 Å². The van der Waals surface area contributed by atoms with E-state index < -0.39 is 23.3 Å². The Kier molecular flexibility index (Phi) is 2.08. The van der Waals surface area contributed by atoms with Crippen LogP contribution in [0, 0.1) is 37.1 Å². The normalized spacial score (nSPS) is 10.5. The smallest absolute Gasteiger partial charge is 0.197 e. The van der Waals surface area contributed by atoms with Gasteiger partial charge in [-0.1, -0.05) is 0 Å². The van der Waals surface area contributed by atoms with Crippen molar-refractivity contribution < 1.29 is 17.6 Å². The molecular weight excluding hydrogens is 172 g/mol. The largest absolute Gasteiger partial charge is 0.203 e. The predicted molar refractivity (Wildman–Crippen MR) is 35.7 cm³/mol. The first kappa shape index (κ1) is 9.03. The van der Waals surface area contributed by atoms with E-state index >= 15 is 0 Å². The topological polar surface area (TPSA) is 0 Å². The summed E-state index contributed by atoms with van der Waals surface area (Å²) < 4.78 is 50.2. The quantitative estimate of drug-likeness (QED) is 0.325.